The fourth-order valence-corrected chi connectivity index (χ4v) is 4.86. The monoisotopic (exact) mass is 778 g/mol. The Bertz CT molecular complexity index is 1100. The number of esters is 1. The molecule has 1 atom stereocenters. The number of rotatable bonds is 30. The number of carbonyl (C=O) groups excluding carboxylic acids is 5. The smallest absolute Gasteiger partial charge is 0.408 e. The van der Waals surface area contributed by atoms with Gasteiger partial charge in [0.1, 0.15) is 23.7 Å². The molecule has 0 saturated heterocycles. The molecule has 0 aliphatic heterocycles. The second-order valence-corrected chi connectivity index (χ2v) is 14.4. The van der Waals surface area contributed by atoms with E-state index in [0.29, 0.717) is 52.7 Å². The molecule has 0 radical (unpaired) electrons. The lowest BCUT2D eigenvalue weighted by Gasteiger charge is -2.40. The largest absolute Gasteiger partial charge is 0.465 e. The Morgan fingerprint density at radius 2 is 1.15 bits per heavy atom. The van der Waals surface area contributed by atoms with Gasteiger partial charge < -0.3 is 58.3 Å². The number of nitrogens with one attached hydrogen (secondary N) is 2. The van der Waals surface area contributed by atoms with Crippen LogP contribution in [-0.4, -0.2) is 169 Å². The van der Waals surface area contributed by atoms with Crippen molar-refractivity contribution in [3.63, 3.8) is 0 Å². The van der Waals surface area contributed by atoms with Crippen molar-refractivity contribution in [1.82, 2.24) is 20.4 Å². The summed E-state index contributed by atoms with van der Waals surface area (Å²) in [7, 11) is 3.16. The standard InChI is InChI=1S/C37H70N4O13/c1-12-36(6,7)41(17-19-50-25-27-52-23-21-48-11)32(44)29(39-34(46)54-35(3,4)5)14-15-30(42)40(16-18-49-24-26-51-22-20-47-10)37(8,9)33(45)38-28-31(43)53-13-2/h29H,12-28H2,1-11H3,(H,38,45)(H,39,46). The summed E-state index contributed by atoms with van der Waals surface area (Å²) in [6, 6.07) is -1.16. The van der Waals surface area contributed by atoms with Crippen LogP contribution in [0.5, 0.6) is 0 Å². The summed E-state index contributed by atoms with van der Waals surface area (Å²) in [5.41, 5.74) is -2.93. The van der Waals surface area contributed by atoms with Crippen molar-refractivity contribution >= 4 is 29.8 Å². The third-order valence-electron chi connectivity index (χ3n) is 8.25. The molecule has 0 aliphatic carbocycles. The fraction of sp³-hybridized carbons (Fsp3) is 0.865. The molecule has 0 heterocycles. The van der Waals surface area contributed by atoms with E-state index in [-0.39, 0.29) is 58.9 Å². The summed E-state index contributed by atoms with van der Waals surface area (Å²) in [5, 5.41) is 5.23. The van der Waals surface area contributed by atoms with Crippen molar-refractivity contribution in [2.45, 2.75) is 104 Å². The van der Waals surface area contributed by atoms with Crippen LogP contribution in [0.2, 0.25) is 0 Å². The Morgan fingerprint density at radius 1 is 0.667 bits per heavy atom. The summed E-state index contributed by atoms with van der Waals surface area (Å²) in [6.45, 7) is 18.9. The van der Waals surface area contributed by atoms with Gasteiger partial charge in [0.15, 0.2) is 0 Å². The predicted molar refractivity (Wildman–Crippen MR) is 201 cm³/mol. The van der Waals surface area contributed by atoms with Crippen molar-refractivity contribution in [3.8, 4) is 0 Å². The van der Waals surface area contributed by atoms with Crippen molar-refractivity contribution in [2.24, 2.45) is 0 Å². The lowest BCUT2D eigenvalue weighted by molar-refractivity contribution is -0.149. The van der Waals surface area contributed by atoms with Crippen LogP contribution in [0.15, 0.2) is 0 Å². The second-order valence-electron chi connectivity index (χ2n) is 14.4. The van der Waals surface area contributed by atoms with Crippen molar-refractivity contribution < 1.29 is 61.9 Å². The number of amides is 4. The number of nitrogens with zero attached hydrogens (tertiary/aromatic N) is 2. The highest BCUT2D eigenvalue weighted by Crippen LogP contribution is 2.22. The Morgan fingerprint density at radius 3 is 1.61 bits per heavy atom. The van der Waals surface area contributed by atoms with Crippen molar-refractivity contribution in [2.75, 3.05) is 107 Å². The molecule has 1 unspecified atom stereocenters. The molecule has 54 heavy (non-hydrogen) atoms. The molecule has 17 heteroatoms. The van der Waals surface area contributed by atoms with Gasteiger partial charge in [0.25, 0.3) is 0 Å². The molecule has 316 valence electrons. The van der Waals surface area contributed by atoms with Gasteiger partial charge in [-0.05, 0) is 68.2 Å². The van der Waals surface area contributed by atoms with Crippen LogP contribution >= 0.6 is 0 Å². The zero-order valence-electron chi connectivity index (χ0n) is 34.8. The van der Waals surface area contributed by atoms with Gasteiger partial charge in [-0.1, -0.05) is 6.92 Å². The SMILES string of the molecule is CCOC(=O)CNC(=O)C(C)(C)N(CCOCCOCCOC)C(=O)CCC(NC(=O)OC(C)(C)C)C(=O)N(CCOCCOCCOC)C(C)(C)CC. The maximum atomic E-state index is 14.3. The van der Waals surface area contributed by atoms with Gasteiger partial charge in [0.2, 0.25) is 17.7 Å². The number of hydrogen-bond donors (Lipinski definition) is 2. The molecule has 0 aliphatic rings. The first-order chi connectivity index (χ1) is 25.4. The quantitative estimate of drug-likeness (QED) is 0.0800. The van der Waals surface area contributed by atoms with E-state index in [1.165, 1.54) is 4.90 Å². The van der Waals surface area contributed by atoms with Gasteiger partial charge in [-0.3, -0.25) is 19.2 Å². The number of methoxy groups -OCH3 is 2. The Balaban J connectivity index is 6.16. The van der Waals surface area contributed by atoms with Gasteiger partial charge in [-0.15, -0.1) is 0 Å². The third-order valence-corrected chi connectivity index (χ3v) is 8.25. The Labute approximate surface area is 322 Å². The van der Waals surface area contributed by atoms with E-state index in [1.807, 2.05) is 20.8 Å². The van der Waals surface area contributed by atoms with E-state index in [0.717, 1.165) is 0 Å². The molecule has 0 spiro atoms. The summed E-state index contributed by atoms with van der Waals surface area (Å²) in [5.74, 6) is -2.11. The third kappa shape index (κ3) is 21.7. The number of alkyl carbamates (subject to hydrolysis) is 1. The zero-order valence-corrected chi connectivity index (χ0v) is 34.8. The van der Waals surface area contributed by atoms with Crippen LogP contribution in [0, 0.1) is 0 Å². The molecule has 0 rings (SSSR count). The number of carbonyl (C=O) groups is 5. The Kier molecular flexibility index (Phi) is 25.9. The maximum Gasteiger partial charge on any atom is 0.408 e. The maximum absolute atomic E-state index is 14.3. The van der Waals surface area contributed by atoms with Gasteiger partial charge in [0, 0.05) is 39.3 Å². The average Bonchev–Trinajstić information content (AvgIpc) is 3.09. The van der Waals surface area contributed by atoms with Crippen LogP contribution in [0.4, 0.5) is 4.79 Å². The highest BCUT2D eigenvalue weighted by atomic mass is 16.6. The minimum Gasteiger partial charge on any atom is -0.465 e. The summed E-state index contributed by atoms with van der Waals surface area (Å²) in [4.78, 5) is 69.7. The first kappa shape index (κ1) is 50.9. The molecule has 0 fully saturated rings. The molecule has 0 saturated carbocycles. The first-order valence-electron chi connectivity index (χ1n) is 18.7. The van der Waals surface area contributed by atoms with Crippen LogP contribution in [-0.2, 0) is 57.1 Å². The molecule has 4 amide bonds. The predicted octanol–water partition coefficient (Wildman–Crippen LogP) is 2.32. The number of hydrogen-bond acceptors (Lipinski definition) is 13. The van der Waals surface area contributed by atoms with E-state index in [1.54, 1.807) is 60.7 Å². The minimum atomic E-state index is -1.44. The van der Waals surface area contributed by atoms with E-state index >= 15 is 0 Å². The topological polar surface area (TPSA) is 190 Å². The van der Waals surface area contributed by atoms with Gasteiger partial charge in [-0.2, -0.15) is 0 Å². The average molecular weight is 779 g/mol. The van der Waals surface area contributed by atoms with Crippen LogP contribution in [0.3, 0.4) is 0 Å². The fourth-order valence-electron chi connectivity index (χ4n) is 4.86. The lowest BCUT2D eigenvalue weighted by atomic mass is 9.96. The van der Waals surface area contributed by atoms with Crippen LogP contribution in [0.25, 0.3) is 0 Å². The van der Waals surface area contributed by atoms with E-state index < -0.39 is 52.5 Å². The highest BCUT2D eigenvalue weighted by molar-refractivity contribution is 5.93. The van der Waals surface area contributed by atoms with E-state index in [4.69, 9.17) is 37.9 Å². The van der Waals surface area contributed by atoms with Crippen LogP contribution < -0.4 is 10.6 Å². The second kappa shape index (κ2) is 27.5. The molecule has 17 nitrogen and oxygen atoms in total. The molecule has 0 aromatic rings. The van der Waals surface area contributed by atoms with Crippen LogP contribution in [0.1, 0.15) is 81.6 Å². The number of ether oxygens (including phenoxy) is 8. The molecule has 0 aromatic carbocycles. The Hall–Kier alpha value is -3.09. The first-order valence-corrected chi connectivity index (χ1v) is 18.7. The summed E-state index contributed by atoms with van der Waals surface area (Å²) in [6.07, 6.45) is -0.552. The normalized spacial score (nSPS) is 12.5. The highest BCUT2D eigenvalue weighted by Gasteiger charge is 2.39. The molecular weight excluding hydrogens is 708 g/mol. The van der Waals surface area contributed by atoms with Gasteiger partial charge in [-0.25, -0.2) is 4.79 Å². The molecule has 0 bridgehead atoms. The van der Waals surface area contributed by atoms with Gasteiger partial charge in [0.05, 0.1) is 72.7 Å². The zero-order chi connectivity index (χ0) is 41.2. The van der Waals surface area contributed by atoms with Gasteiger partial charge >= 0.3 is 12.1 Å². The molecule has 0 aromatic heterocycles. The van der Waals surface area contributed by atoms with E-state index in [2.05, 4.69) is 10.6 Å². The summed E-state index contributed by atoms with van der Waals surface area (Å²) < 4.78 is 42.7. The molecule has 2 N–H and O–H groups in total. The molecular formula is C37H70N4O13. The van der Waals surface area contributed by atoms with Crippen molar-refractivity contribution in [3.05, 3.63) is 0 Å². The minimum absolute atomic E-state index is 0.0103. The lowest BCUT2D eigenvalue weighted by Crippen LogP contribution is -2.59. The van der Waals surface area contributed by atoms with Crippen molar-refractivity contribution in [1.29, 1.82) is 0 Å². The summed E-state index contributed by atoms with van der Waals surface area (Å²) >= 11 is 0. The van der Waals surface area contributed by atoms with E-state index in [9.17, 15) is 24.0 Å².